The molecular weight excluding hydrogens is 385 g/mol. The van der Waals surface area contributed by atoms with Crippen LogP contribution in [0.25, 0.3) is 16.8 Å². The quantitative estimate of drug-likeness (QED) is 0.578. The molecule has 30 heavy (non-hydrogen) atoms. The highest BCUT2D eigenvalue weighted by atomic mass is 19.1. The van der Waals surface area contributed by atoms with Crippen LogP contribution in [0.2, 0.25) is 0 Å². The van der Waals surface area contributed by atoms with Gasteiger partial charge in [-0.05, 0) is 68.0 Å². The fourth-order valence-corrected chi connectivity index (χ4v) is 4.43. The van der Waals surface area contributed by atoms with Crippen LogP contribution in [0.4, 0.5) is 10.3 Å². The van der Waals surface area contributed by atoms with Gasteiger partial charge in [-0.25, -0.2) is 4.39 Å². The molecule has 2 aromatic heterocycles. The van der Waals surface area contributed by atoms with Crippen LogP contribution in [-0.2, 0) is 0 Å². The number of hydrogen-bond donors (Lipinski definition) is 3. The number of nitrogens with one attached hydrogen (secondary N) is 1. The number of likely N-dealkylation sites (tertiary alicyclic amines) is 1. The molecule has 1 aromatic carbocycles. The lowest BCUT2D eigenvalue weighted by Gasteiger charge is -2.32. The van der Waals surface area contributed by atoms with E-state index in [2.05, 4.69) is 20.4 Å². The molecule has 2 fully saturated rings. The highest BCUT2D eigenvalue weighted by molar-refractivity contribution is 5.81. The van der Waals surface area contributed by atoms with Crippen molar-refractivity contribution in [1.82, 2.24) is 19.5 Å². The van der Waals surface area contributed by atoms with Crippen LogP contribution in [0.15, 0.2) is 30.5 Å². The maximum Gasteiger partial charge on any atom is 0.228 e. The van der Waals surface area contributed by atoms with E-state index in [0.717, 1.165) is 44.3 Å². The van der Waals surface area contributed by atoms with E-state index in [4.69, 9.17) is 0 Å². The van der Waals surface area contributed by atoms with E-state index in [0.29, 0.717) is 29.6 Å². The molecule has 3 N–H and O–H groups in total. The zero-order valence-electron chi connectivity index (χ0n) is 16.8. The molecule has 0 bridgehead atoms. The molecule has 1 atom stereocenters. The van der Waals surface area contributed by atoms with Crippen molar-refractivity contribution in [3.05, 3.63) is 41.8 Å². The SMILES string of the molecule is OCCN1CCC[C@@H](Nc2nnc(-c3c(O)cc(C4CC4)cc3F)c3cccn23)C1. The van der Waals surface area contributed by atoms with Gasteiger partial charge in [-0.1, -0.05) is 0 Å². The molecule has 5 rings (SSSR count). The second-order valence-electron chi connectivity index (χ2n) is 8.31. The maximum absolute atomic E-state index is 14.9. The molecule has 1 aliphatic heterocycles. The van der Waals surface area contributed by atoms with Crippen molar-refractivity contribution in [2.75, 3.05) is 31.6 Å². The first-order chi connectivity index (χ1) is 14.6. The van der Waals surface area contributed by atoms with Crippen LogP contribution in [0.1, 0.15) is 37.2 Å². The van der Waals surface area contributed by atoms with Gasteiger partial charge in [0.2, 0.25) is 5.95 Å². The van der Waals surface area contributed by atoms with Crippen molar-refractivity contribution in [2.24, 2.45) is 0 Å². The average molecular weight is 411 g/mol. The van der Waals surface area contributed by atoms with Gasteiger partial charge in [0.05, 0.1) is 17.7 Å². The second kappa shape index (κ2) is 7.85. The van der Waals surface area contributed by atoms with Crippen LogP contribution < -0.4 is 5.32 Å². The van der Waals surface area contributed by atoms with E-state index in [-0.39, 0.29) is 24.0 Å². The van der Waals surface area contributed by atoms with Gasteiger partial charge < -0.3 is 15.5 Å². The molecule has 1 saturated heterocycles. The maximum atomic E-state index is 14.9. The van der Waals surface area contributed by atoms with Gasteiger partial charge in [0.1, 0.15) is 17.3 Å². The molecule has 0 amide bonds. The molecule has 158 valence electrons. The lowest BCUT2D eigenvalue weighted by atomic mass is 10.0. The Morgan fingerprint density at radius 1 is 1.20 bits per heavy atom. The Morgan fingerprint density at radius 3 is 2.83 bits per heavy atom. The van der Waals surface area contributed by atoms with Gasteiger partial charge in [-0.15, -0.1) is 10.2 Å². The lowest BCUT2D eigenvalue weighted by Crippen LogP contribution is -2.43. The van der Waals surface area contributed by atoms with Crippen LogP contribution in [0.3, 0.4) is 0 Å². The summed E-state index contributed by atoms with van der Waals surface area (Å²) in [6, 6.07) is 7.07. The number of aromatic nitrogens is 3. The number of β-amino-alcohol motifs (C(OH)–C–C–N with tert-alkyl or cyclic N) is 1. The number of rotatable bonds is 6. The molecule has 1 saturated carbocycles. The smallest absolute Gasteiger partial charge is 0.228 e. The first-order valence-corrected chi connectivity index (χ1v) is 10.6. The number of phenolic OH excluding ortho intramolecular Hbond substituents is 1. The van der Waals surface area contributed by atoms with Gasteiger partial charge in [-0.2, -0.15) is 0 Å². The minimum atomic E-state index is -0.470. The van der Waals surface area contributed by atoms with Gasteiger partial charge >= 0.3 is 0 Å². The number of hydrogen-bond acceptors (Lipinski definition) is 6. The fourth-order valence-electron chi connectivity index (χ4n) is 4.43. The number of piperidine rings is 1. The van der Waals surface area contributed by atoms with Gasteiger partial charge in [0, 0.05) is 25.3 Å². The first kappa shape index (κ1) is 19.3. The summed E-state index contributed by atoms with van der Waals surface area (Å²) in [6.45, 7) is 2.62. The molecule has 7 nitrogen and oxygen atoms in total. The summed E-state index contributed by atoms with van der Waals surface area (Å²) in [7, 11) is 0. The van der Waals surface area contributed by atoms with Crippen molar-refractivity contribution >= 4 is 11.5 Å². The van der Waals surface area contributed by atoms with E-state index < -0.39 is 5.82 Å². The van der Waals surface area contributed by atoms with Crippen molar-refractivity contribution in [3.63, 3.8) is 0 Å². The average Bonchev–Trinajstić information content (AvgIpc) is 3.46. The van der Waals surface area contributed by atoms with Crippen LogP contribution in [0, 0.1) is 5.82 Å². The molecular formula is C22H26FN5O2. The molecule has 0 spiro atoms. The summed E-state index contributed by atoms with van der Waals surface area (Å²) in [5.74, 6) is 0.374. The number of halogens is 1. The predicted molar refractivity (Wildman–Crippen MR) is 112 cm³/mol. The third-order valence-corrected chi connectivity index (χ3v) is 6.10. The largest absolute Gasteiger partial charge is 0.507 e. The molecule has 8 heteroatoms. The minimum Gasteiger partial charge on any atom is -0.507 e. The summed E-state index contributed by atoms with van der Waals surface area (Å²) in [5, 5.41) is 31.8. The number of anilines is 1. The normalized spacial score (nSPS) is 20.0. The molecule has 3 aromatic rings. The highest BCUT2D eigenvalue weighted by Gasteiger charge is 2.27. The van der Waals surface area contributed by atoms with Gasteiger partial charge in [0.15, 0.2) is 0 Å². The van der Waals surface area contributed by atoms with Crippen molar-refractivity contribution < 1.29 is 14.6 Å². The summed E-state index contributed by atoms with van der Waals surface area (Å²) in [6.07, 6.45) is 5.99. The summed E-state index contributed by atoms with van der Waals surface area (Å²) < 4.78 is 16.8. The lowest BCUT2D eigenvalue weighted by molar-refractivity contribution is 0.166. The number of benzene rings is 1. The fraction of sp³-hybridized carbons (Fsp3) is 0.455. The Hall–Kier alpha value is -2.71. The topological polar surface area (TPSA) is 85.9 Å². The van der Waals surface area contributed by atoms with Crippen LogP contribution in [-0.4, -0.2) is 62.0 Å². The van der Waals surface area contributed by atoms with Gasteiger partial charge in [-0.3, -0.25) is 9.30 Å². The van der Waals surface area contributed by atoms with Crippen molar-refractivity contribution in [2.45, 2.75) is 37.6 Å². The Bertz CT molecular complexity index is 1040. The summed E-state index contributed by atoms with van der Waals surface area (Å²) >= 11 is 0. The van der Waals surface area contributed by atoms with E-state index in [1.54, 1.807) is 6.07 Å². The summed E-state index contributed by atoms with van der Waals surface area (Å²) in [5.41, 5.74) is 1.95. The second-order valence-corrected chi connectivity index (χ2v) is 8.31. The zero-order chi connectivity index (χ0) is 20.7. The molecule has 2 aliphatic rings. The highest BCUT2D eigenvalue weighted by Crippen LogP contribution is 2.44. The number of aliphatic hydroxyl groups excluding tert-OH is 1. The number of phenols is 1. The number of aromatic hydroxyl groups is 1. The number of nitrogens with zero attached hydrogens (tertiary/aromatic N) is 4. The van der Waals surface area contributed by atoms with Crippen molar-refractivity contribution in [3.8, 4) is 17.0 Å². The Morgan fingerprint density at radius 2 is 2.07 bits per heavy atom. The predicted octanol–water partition coefficient (Wildman–Crippen LogP) is 2.99. The number of aliphatic hydroxyl groups is 1. The van der Waals surface area contributed by atoms with E-state index in [1.807, 2.05) is 22.7 Å². The Balaban J connectivity index is 1.46. The standard InChI is InChI=1S/C22H26FN5O2/c23-17-11-15(14-5-6-14)12-19(30)20(17)21-18-4-2-8-28(18)22(26-25-21)24-16-3-1-7-27(13-16)9-10-29/h2,4,8,11-12,14,16,29-30H,1,3,5-7,9-10,13H2,(H,24,26)/t16-/m1/s1. The third-order valence-electron chi connectivity index (χ3n) is 6.10. The van der Waals surface area contributed by atoms with Gasteiger partial charge in [0.25, 0.3) is 0 Å². The molecule has 3 heterocycles. The third kappa shape index (κ3) is 3.61. The number of fused-ring (bicyclic) bond motifs is 1. The molecule has 0 unspecified atom stereocenters. The Kier molecular flexibility index (Phi) is 5.04. The zero-order valence-corrected chi connectivity index (χ0v) is 16.8. The van der Waals surface area contributed by atoms with Crippen LogP contribution >= 0.6 is 0 Å². The van der Waals surface area contributed by atoms with Crippen LogP contribution in [0.5, 0.6) is 5.75 Å². The van der Waals surface area contributed by atoms with E-state index in [9.17, 15) is 14.6 Å². The monoisotopic (exact) mass is 411 g/mol. The van der Waals surface area contributed by atoms with E-state index >= 15 is 0 Å². The summed E-state index contributed by atoms with van der Waals surface area (Å²) in [4.78, 5) is 2.23. The molecule has 0 radical (unpaired) electrons. The van der Waals surface area contributed by atoms with E-state index in [1.165, 1.54) is 6.07 Å². The Labute approximate surface area is 174 Å². The minimum absolute atomic E-state index is 0.0916. The van der Waals surface area contributed by atoms with Crippen molar-refractivity contribution in [1.29, 1.82) is 0 Å². The first-order valence-electron chi connectivity index (χ1n) is 10.6. The molecule has 1 aliphatic carbocycles.